The van der Waals surface area contributed by atoms with Crippen LogP contribution < -0.4 is 10.1 Å². The Hall–Kier alpha value is -1.57. The van der Waals surface area contributed by atoms with E-state index in [1.54, 1.807) is 0 Å². The van der Waals surface area contributed by atoms with Crippen LogP contribution in [0, 0.1) is 5.92 Å². The first-order valence-electron chi connectivity index (χ1n) is 7.70. The van der Waals surface area contributed by atoms with Gasteiger partial charge in [-0.25, -0.2) is 9.97 Å². The Morgan fingerprint density at radius 2 is 2.09 bits per heavy atom. The number of anilines is 1. The minimum atomic E-state index is -4.27. The van der Waals surface area contributed by atoms with Crippen molar-refractivity contribution >= 4 is 5.82 Å². The maximum Gasteiger partial charge on any atom is 0.391 e. The molecule has 1 aromatic rings. The lowest BCUT2D eigenvalue weighted by atomic mass is 9.77. The number of halogens is 3. The summed E-state index contributed by atoms with van der Waals surface area (Å²) in [6, 6.07) is 0. The Labute approximate surface area is 133 Å². The molecule has 1 aliphatic rings. The lowest BCUT2D eigenvalue weighted by Gasteiger charge is -2.37. The molecule has 0 spiro atoms. The third-order valence-corrected chi connectivity index (χ3v) is 3.88. The van der Waals surface area contributed by atoms with Crippen molar-refractivity contribution in [1.29, 1.82) is 0 Å². The van der Waals surface area contributed by atoms with E-state index in [1.807, 2.05) is 13.8 Å². The van der Waals surface area contributed by atoms with E-state index in [1.165, 1.54) is 12.4 Å². The van der Waals surface area contributed by atoms with Gasteiger partial charge in [0.05, 0.1) is 17.6 Å². The number of ether oxygens (including phenoxy) is 1. The summed E-state index contributed by atoms with van der Waals surface area (Å²) in [4.78, 5) is 8.13. The second-order valence-corrected chi connectivity index (χ2v) is 6.29. The highest BCUT2D eigenvalue weighted by atomic mass is 19.4. The number of nitrogens with one attached hydrogen (secondary N) is 1. The van der Waals surface area contributed by atoms with E-state index in [2.05, 4.69) is 15.3 Å². The molecular weight excluding hydrogens is 311 g/mol. The van der Waals surface area contributed by atoms with Gasteiger partial charge in [0, 0.05) is 18.9 Å². The summed E-state index contributed by atoms with van der Waals surface area (Å²) in [6.45, 7) is 3.65. The van der Waals surface area contributed by atoms with Gasteiger partial charge in [-0.2, -0.15) is 13.2 Å². The number of aliphatic hydroxyl groups is 1. The van der Waals surface area contributed by atoms with Crippen LogP contribution in [0.3, 0.4) is 0 Å². The highest BCUT2D eigenvalue weighted by Crippen LogP contribution is 2.41. The summed E-state index contributed by atoms with van der Waals surface area (Å²) in [5.41, 5.74) is -1.41. The molecule has 0 aliphatic heterocycles. The van der Waals surface area contributed by atoms with Crippen LogP contribution in [0.1, 0.15) is 39.5 Å². The van der Waals surface area contributed by atoms with Gasteiger partial charge < -0.3 is 15.2 Å². The molecule has 2 rings (SSSR count). The first-order valence-corrected chi connectivity index (χ1v) is 7.70. The van der Waals surface area contributed by atoms with Crippen LogP contribution in [-0.2, 0) is 0 Å². The SMILES string of the molecule is CC(C)Oc1nccnc1NCC1(O)CCCC(C(F)(F)F)C1. The van der Waals surface area contributed by atoms with E-state index in [4.69, 9.17) is 4.74 Å². The summed E-state index contributed by atoms with van der Waals surface area (Å²) in [5.74, 6) is -0.866. The van der Waals surface area contributed by atoms with E-state index < -0.39 is 17.7 Å². The fourth-order valence-corrected chi connectivity index (χ4v) is 2.78. The van der Waals surface area contributed by atoms with E-state index in [0.29, 0.717) is 18.7 Å². The van der Waals surface area contributed by atoms with Crippen LogP contribution in [0.5, 0.6) is 5.88 Å². The van der Waals surface area contributed by atoms with Crippen molar-refractivity contribution in [2.75, 3.05) is 11.9 Å². The molecule has 1 aliphatic carbocycles. The van der Waals surface area contributed by atoms with Crippen LogP contribution in [0.2, 0.25) is 0 Å². The van der Waals surface area contributed by atoms with E-state index in [0.717, 1.165) is 0 Å². The van der Waals surface area contributed by atoms with Crippen molar-refractivity contribution in [3.8, 4) is 5.88 Å². The Morgan fingerprint density at radius 1 is 1.39 bits per heavy atom. The highest BCUT2D eigenvalue weighted by Gasteiger charge is 2.46. The summed E-state index contributed by atoms with van der Waals surface area (Å²) >= 11 is 0. The Balaban J connectivity index is 2.02. The predicted octanol–water partition coefficient (Wildman–Crippen LogP) is 3.16. The van der Waals surface area contributed by atoms with Crippen LogP contribution in [0.15, 0.2) is 12.4 Å². The van der Waals surface area contributed by atoms with Crippen molar-refractivity contribution in [1.82, 2.24) is 9.97 Å². The molecule has 23 heavy (non-hydrogen) atoms. The zero-order valence-corrected chi connectivity index (χ0v) is 13.2. The molecule has 2 N–H and O–H groups in total. The first-order chi connectivity index (χ1) is 10.7. The quantitative estimate of drug-likeness (QED) is 0.866. The molecule has 1 aromatic heterocycles. The van der Waals surface area contributed by atoms with Gasteiger partial charge in [-0.05, 0) is 39.5 Å². The van der Waals surface area contributed by atoms with E-state index in [-0.39, 0.29) is 31.4 Å². The van der Waals surface area contributed by atoms with E-state index in [9.17, 15) is 18.3 Å². The summed E-state index contributed by atoms with van der Waals surface area (Å²) in [5, 5.41) is 13.4. The largest absolute Gasteiger partial charge is 0.472 e. The molecule has 2 atom stereocenters. The van der Waals surface area contributed by atoms with Gasteiger partial charge >= 0.3 is 6.18 Å². The maximum atomic E-state index is 12.9. The normalized spacial score (nSPS) is 25.4. The number of rotatable bonds is 5. The van der Waals surface area contributed by atoms with Crippen LogP contribution in [0.4, 0.5) is 19.0 Å². The second kappa shape index (κ2) is 6.90. The summed E-state index contributed by atoms with van der Waals surface area (Å²) in [7, 11) is 0. The van der Waals surface area contributed by atoms with Crippen LogP contribution in [-0.4, -0.2) is 39.5 Å². The predicted molar refractivity (Wildman–Crippen MR) is 79.2 cm³/mol. The molecule has 0 aromatic carbocycles. The van der Waals surface area contributed by atoms with Crippen LogP contribution >= 0.6 is 0 Å². The Bertz CT molecular complexity index is 525. The zero-order valence-electron chi connectivity index (χ0n) is 13.2. The lowest BCUT2D eigenvalue weighted by Crippen LogP contribution is -2.45. The van der Waals surface area contributed by atoms with E-state index >= 15 is 0 Å². The molecule has 0 bridgehead atoms. The molecule has 0 radical (unpaired) electrons. The molecule has 0 amide bonds. The Kier molecular flexibility index (Phi) is 5.33. The third kappa shape index (κ3) is 4.95. The van der Waals surface area contributed by atoms with Crippen molar-refractivity contribution in [3.63, 3.8) is 0 Å². The molecular formula is C15H22F3N3O2. The molecule has 5 nitrogen and oxygen atoms in total. The number of alkyl halides is 3. The third-order valence-electron chi connectivity index (χ3n) is 3.88. The van der Waals surface area contributed by atoms with Gasteiger partial charge in [-0.3, -0.25) is 0 Å². The molecule has 0 saturated heterocycles. The van der Waals surface area contributed by atoms with Crippen molar-refractivity contribution in [3.05, 3.63) is 12.4 Å². The minimum Gasteiger partial charge on any atom is -0.472 e. The fraction of sp³-hybridized carbons (Fsp3) is 0.733. The smallest absolute Gasteiger partial charge is 0.391 e. The maximum absolute atomic E-state index is 12.9. The molecule has 130 valence electrons. The van der Waals surface area contributed by atoms with Gasteiger partial charge in [0.25, 0.3) is 5.88 Å². The van der Waals surface area contributed by atoms with Gasteiger partial charge in [-0.15, -0.1) is 0 Å². The minimum absolute atomic E-state index is 0.0211. The molecule has 2 unspecified atom stereocenters. The average Bonchev–Trinajstić information content (AvgIpc) is 2.45. The second-order valence-electron chi connectivity index (χ2n) is 6.29. The fourth-order valence-electron chi connectivity index (χ4n) is 2.78. The van der Waals surface area contributed by atoms with Gasteiger partial charge in [0.15, 0.2) is 5.82 Å². The average molecular weight is 333 g/mol. The molecule has 1 heterocycles. The Morgan fingerprint density at radius 3 is 2.74 bits per heavy atom. The topological polar surface area (TPSA) is 67.3 Å². The summed E-state index contributed by atoms with van der Waals surface area (Å²) < 4.78 is 44.1. The first kappa shape index (κ1) is 17.8. The molecule has 8 heteroatoms. The number of nitrogens with zero attached hydrogens (tertiary/aromatic N) is 2. The molecule has 1 fully saturated rings. The van der Waals surface area contributed by atoms with Crippen molar-refractivity contribution in [2.45, 2.75) is 57.4 Å². The number of aromatic nitrogens is 2. The monoisotopic (exact) mass is 333 g/mol. The standard InChI is InChI=1S/C15H22F3N3O2/c1-10(2)23-13-12(19-6-7-20-13)21-9-14(22)5-3-4-11(8-14)15(16,17)18/h6-7,10-11,22H,3-5,8-9H2,1-2H3,(H,19,21). The number of hydrogen-bond acceptors (Lipinski definition) is 5. The van der Waals surface area contributed by atoms with Gasteiger partial charge in [0.1, 0.15) is 0 Å². The van der Waals surface area contributed by atoms with Crippen LogP contribution in [0.25, 0.3) is 0 Å². The number of hydrogen-bond donors (Lipinski definition) is 2. The molecule has 1 saturated carbocycles. The summed E-state index contributed by atoms with van der Waals surface area (Å²) in [6.07, 6.45) is -1.02. The van der Waals surface area contributed by atoms with Gasteiger partial charge in [0.2, 0.25) is 0 Å². The van der Waals surface area contributed by atoms with Gasteiger partial charge in [-0.1, -0.05) is 0 Å². The van der Waals surface area contributed by atoms with Crippen molar-refractivity contribution in [2.24, 2.45) is 5.92 Å². The van der Waals surface area contributed by atoms with Crippen molar-refractivity contribution < 1.29 is 23.0 Å². The highest BCUT2D eigenvalue weighted by molar-refractivity contribution is 5.45. The lowest BCUT2D eigenvalue weighted by molar-refractivity contribution is -0.199. The zero-order chi connectivity index (χ0) is 17.1.